The van der Waals surface area contributed by atoms with Crippen LogP contribution in [0.15, 0.2) is 24.3 Å². The van der Waals surface area contributed by atoms with Gasteiger partial charge in [-0.25, -0.2) is 0 Å². The molecule has 2 rings (SSSR count). The predicted octanol–water partition coefficient (Wildman–Crippen LogP) is 2.50. The average Bonchev–Trinajstić information content (AvgIpc) is 2.85. The number of methoxy groups -OCH3 is 2. The molecule has 128 valence electrons. The molecule has 1 aliphatic heterocycles. The highest BCUT2D eigenvalue weighted by molar-refractivity contribution is 5.77. The van der Waals surface area contributed by atoms with Gasteiger partial charge in [-0.1, -0.05) is 25.0 Å². The zero-order chi connectivity index (χ0) is 16.7. The van der Waals surface area contributed by atoms with Gasteiger partial charge in [0.05, 0.1) is 25.7 Å². The Bertz CT molecular complexity index is 486. The number of likely N-dealkylation sites (tertiary alicyclic amines) is 1. The predicted molar refractivity (Wildman–Crippen MR) is 90.4 cm³/mol. The second kappa shape index (κ2) is 8.89. The number of hydrogen-bond donors (Lipinski definition) is 1. The summed E-state index contributed by atoms with van der Waals surface area (Å²) in [6, 6.07) is 8.17. The van der Waals surface area contributed by atoms with Gasteiger partial charge in [0.1, 0.15) is 5.75 Å². The van der Waals surface area contributed by atoms with Gasteiger partial charge < -0.3 is 20.1 Å². The molecule has 1 heterocycles. The van der Waals surface area contributed by atoms with Crippen LogP contribution in [-0.4, -0.2) is 44.2 Å². The number of carbonyl (C=O) groups is 1. The molecular weight excluding hydrogens is 292 g/mol. The molecule has 23 heavy (non-hydrogen) atoms. The molecule has 1 saturated heterocycles. The maximum atomic E-state index is 12.8. The molecule has 0 aromatic heterocycles. The van der Waals surface area contributed by atoms with Gasteiger partial charge >= 0.3 is 0 Å². The smallest absolute Gasteiger partial charge is 0.225 e. The van der Waals surface area contributed by atoms with Crippen LogP contribution in [0.25, 0.3) is 0 Å². The zero-order valence-corrected chi connectivity index (χ0v) is 14.2. The molecule has 2 unspecified atom stereocenters. The maximum absolute atomic E-state index is 12.8. The van der Waals surface area contributed by atoms with Crippen LogP contribution in [0.3, 0.4) is 0 Å². The topological polar surface area (TPSA) is 64.8 Å². The second-order valence-corrected chi connectivity index (χ2v) is 6.02. The van der Waals surface area contributed by atoms with Crippen LogP contribution in [-0.2, 0) is 9.53 Å². The Morgan fingerprint density at radius 3 is 2.61 bits per heavy atom. The van der Waals surface area contributed by atoms with Crippen molar-refractivity contribution in [1.82, 2.24) is 4.90 Å². The fraction of sp³-hybridized carbons (Fsp3) is 0.611. The minimum atomic E-state index is -0.206. The lowest BCUT2D eigenvalue weighted by Crippen LogP contribution is -2.38. The van der Waals surface area contributed by atoms with Crippen molar-refractivity contribution in [2.75, 3.05) is 27.3 Å². The number of amides is 1. The minimum Gasteiger partial charge on any atom is -0.497 e. The maximum Gasteiger partial charge on any atom is 0.225 e. The Kier molecular flexibility index (Phi) is 6.86. The van der Waals surface area contributed by atoms with Crippen molar-refractivity contribution < 1.29 is 14.3 Å². The first-order valence-corrected chi connectivity index (χ1v) is 8.36. The summed E-state index contributed by atoms with van der Waals surface area (Å²) in [7, 11) is 3.27. The van der Waals surface area contributed by atoms with E-state index in [0.29, 0.717) is 13.0 Å². The van der Waals surface area contributed by atoms with Crippen LogP contribution < -0.4 is 10.5 Å². The number of nitrogens with two attached hydrogens (primary N) is 1. The number of benzene rings is 1. The Balaban J connectivity index is 2.16. The zero-order valence-electron chi connectivity index (χ0n) is 14.2. The van der Waals surface area contributed by atoms with E-state index < -0.39 is 0 Å². The molecule has 0 saturated carbocycles. The van der Waals surface area contributed by atoms with Crippen molar-refractivity contribution in [3.05, 3.63) is 29.8 Å². The van der Waals surface area contributed by atoms with E-state index in [4.69, 9.17) is 15.2 Å². The SMILES string of the molecule is COc1ccc(C2CCCCCN2C(=O)CC(CN)OC)cc1. The molecule has 2 atom stereocenters. The molecule has 0 bridgehead atoms. The van der Waals surface area contributed by atoms with Crippen LogP contribution in [0.2, 0.25) is 0 Å². The van der Waals surface area contributed by atoms with Crippen LogP contribution in [0.1, 0.15) is 43.7 Å². The van der Waals surface area contributed by atoms with Crippen LogP contribution in [0.5, 0.6) is 5.75 Å². The van der Waals surface area contributed by atoms with Crippen LogP contribution in [0.4, 0.5) is 0 Å². The van der Waals surface area contributed by atoms with Crippen molar-refractivity contribution in [2.24, 2.45) is 5.73 Å². The first kappa shape index (κ1) is 17.8. The van der Waals surface area contributed by atoms with Crippen molar-refractivity contribution in [3.63, 3.8) is 0 Å². The average molecular weight is 320 g/mol. The summed E-state index contributed by atoms with van der Waals surface area (Å²) >= 11 is 0. The third kappa shape index (κ3) is 4.69. The van der Waals surface area contributed by atoms with E-state index in [0.717, 1.165) is 31.6 Å². The normalized spacial score (nSPS) is 20.0. The molecule has 1 aliphatic rings. The molecule has 5 nitrogen and oxygen atoms in total. The van der Waals surface area contributed by atoms with Gasteiger partial charge in [0.2, 0.25) is 5.91 Å². The van der Waals surface area contributed by atoms with Crippen LogP contribution in [0, 0.1) is 0 Å². The molecular formula is C18H28N2O3. The number of ether oxygens (including phenoxy) is 2. The summed E-state index contributed by atoms with van der Waals surface area (Å²) in [4.78, 5) is 14.8. The third-order valence-electron chi connectivity index (χ3n) is 4.57. The van der Waals surface area contributed by atoms with E-state index in [1.165, 1.54) is 12.0 Å². The molecule has 0 spiro atoms. The standard InChI is InChI=1S/C18H28N2O3/c1-22-15-9-7-14(8-10-15)17-6-4-3-5-11-20(17)18(21)12-16(13-19)23-2/h7-10,16-17H,3-6,11-13,19H2,1-2H3. The molecule has 1 fully saturated rings. The summed E-state index contributed by atoms with van der Waals surface area (Å²) in [5.41, 5.74) is 6.83. The van der Waals surface area contributed by atoms with Crippen LogP contribution >= 0.6 is 0 Å². The van der Waals surface area contributed by atoms with E-state index in [1.807, 2.05) is 17.0 Å². The van der Waals surface area contributed by atoms with E-state index in [2.05, 4.69) is 12.1 Å². The van der Waals surface area contributed by atoms with Crippen molar-refractivity contribution in [1.29, 1.82) is 0 Å². The molecule has 1 amide bonds. The third-order valence-corrected chi connectivity index (χ3v) is 4.57. The minimum absolute atomic E-state index is 0.130. The first-order valence-electron chi connectivity index (χ1n) is 8.36. The monoisotopic (exact) mass is 320 g/mol. The van der Waals surface area contributed by atoms with Gasteiger partial charge in [-0.05, 0) is 30.5 Å². The van der Waals surface area contributed by atoms with Gasteiger partial charge in [-0.15, -0.1) is 0 Å². The lowest BCUT2D eigenvalue weighted by molar-refractivity contribution is -0.136. The van der Waals surface area contributed by atoms with E-state index in [1.54, 1.807) is 14.2 Å². The molecule has 1 aromatic carbocycles. The number of nitrogens with zero attached hydrogens (tertiary/aromatic N) is 1. The van der Waals surface area contributed by atoms with E-state index in [-0.39, 0.29) is 18.1 Å². The largest absolute Gasteiger partial charge is 0.497 e. The van der Waals surface area contributed by atoms with E-state index >= 15 is 0 Å². The Morgan fingerprint density at radius 2 is 2.00 bits per heavy atom. The highest BCUT2D eigenvalue weighted by Crippen LogP contribution is 2.31. The van der Waals surface area contributed by atoms with Gasteiger partial charge in [0.15, 0.2) is 0 Å². The first-order chi connectivity index (χ1) is 11.2. The van der Waals surface area contributed by atoms with Crippen molar-refractivity contribution >= 4 is 5.91 Å². The van der Waals surface area contributed by atoms with Crippen molar-refractivity contribution in [3.8, 4) is 5.75 Å². The van der Waals surface area contributed by atoms with Crippen molar-refractivity contribution in [2.45, 2.75) is 44.2 Å². The molecule has 0 aliphatic carbocycles. The Labute approximate surface area is 138 Å². The number of rotatable bonds is 6. The highest BCUT2D eigenvalue weighted by atomic mass is 16.5. The lowest BCUT2D eigenvalue weighted by Gasteiger charge is -2.31. The fourth-order valence-corrected chi connectivity index (χ4v) is 3.15. The molecule has 1 aromatic rings. The summed E-state index contributed by atoms with van der Waals surface area (Å²) in [6.45, 7) is 1.17. The fourth-order valence-electron chi connectivity index (χ4n) is 3.15. The summed E-state index contributed by atoms with van der Waals surface area (Å²) in [5.74, 6) is 0.966. The quantitative estimate of drug-likeness (QED) is 0.874. The summed E-state index contributed by atoms with van der Waals surface area (Å²) in [6.07, 6.45) is 4.50. The second-order valence-electron chi connectivity index (χ2n) is 6.02. The molecule has 0 radical (unpaired) electrons. The van der Waals surface area contributed by atoms with Gasteiger partial charge in [-0.2, -0.15) is 0 Å². The van der Waals surface area contributed by atoms with Gasteiger partial charge in [0, 0.05) is 20.2 Å². The number of carbonyl (C=O) groups excluding carboxylic acids is 1. The highest BCUT2D eigenvalue weighted by Gasteiger charge is 2.28. The Morgan fingerprint density at radius 1 is 1.26 bits per heavy atom. The molecule has 2 N–H and O–H groups in total. The van der Waals surface area contributed by atoms with Gasteiger partial charge in [0.25, 0.3) is 0 Å². The van der Waals surface area contributed by atoms with Gasteiger partial charge in [-0.3, -0.25) is 4.79 Å². The Hall–Kier alpha value is -1.59. The van der Waals surface area contributed by atoms with E-state index in [9.17, 15) is 4.79 Å². The number of hydrogen-bond acceptors (Lipinski definition) is 4. The summed E-state index contributed by atoms with van der Waals surface area (Å²) < 4.78 is 10.5. The lowest BCUT2D eigenvalue weighted by atomic mass is 10.00. The summed E-state index contributed by atoms with van der Waals surface area (Å²) in [5, 5.41) is 0. The molecule has 5 heteroatoms.